The van der Waals surface area contributed by atoms with E-state index in [2.05, 4.69) is 34.6 Å². The van der Waals surface area contributed by atoms with E-state index in [1.54, 1.807) is 0 Å². The number of guanidine groups is 1. The highest BCUT2D eigenvalue weighted by molar-refractivity contribution is 5.79. The number of nitrogens with one attached hydrogen (secondary N) is 2. The molecule has 1 unspecified atom stereocenters. The summed E-state index contributed by atoms with van der Waals surface area (Å²) in [5.74, 6) is 0.900. The van der Waals surface area contributed by atoms with Gasteiger partial charge in [-0.1, -0.05) is 19.3 Å². The second-order valence-corrected chi connectivity index (χ2v) is 6.62. The predicted molar refractivity (Wildman–Crippen MR) is 87.8 cm³/mol. The third-order valence-electron chi connectivity index (χ3n) is 5.06. The zero-order chi connectivity index (χ0) is 15.1. The third-order valence-corrected chi connectivity index (χ3v) is 5.06. The quantitative estimate of drug-likeness (QED) is 0.597. The molecule has 1 heterocycles. The minimum Gasteiger partial charge on any atom is -0.376 e. The Labute approximate surface area is 129 Å². The zero-order valence-corrected chi connectivity index (χ0v) is 14.0. The van der Waals surface area contributed by atoms with Crippen LogP contribution in [0.2, 0.25) is 0 Å². The molecule has 0 aromatic rings. The molecule has 0 aromatic carbocycles. The van der Waals surface area contributed by atoms with Crippen molar-refractivity contribution in [1.82, 2.24) is 15.5 Å². The molecule has 2 rings (SSSR count). The molecular weight excluding hydrogens is 264 g/mol. The maximum Gasteiger partial charge on any atom is 0.191 e. The van der Waals surface area contributed by atoms with Gasteiger partial charge in [-0.25, -0.2) is 0 Å². The van der Waals surface area contributed by atoms with Crippen LogP contribution < -0.4 is 10.6 Å². The zero-order valence-electron chi connectivity index (χ0n) is 14.0. The largest absolute Gasteiger partial charge is 0.376 e. The molecule has 2 fully saturated rings. The van der Waals surface area contributed by atoms with Crippen molar-refractivity contribution >= 4 is 5.96 Å². The van der Waals surface area contributed by atoms with Gasteiger partial charge >= 0.3 is 0 Å². The molecule has 1 saturated carbocycles. The van der Waals surface area contributed by atoms with Gasteiger partial charge in [-0.3, -0.25) is 4.99 Å². The molecule has 1 saturated heterocycles. The molecule has 5 nitrogen and oxygen atoms in total. The van der Waals surface area contributed by atoms with Gasteiger partial charge < -0.3 is 20.3 Å². The highest BCUT2D eigenvalue weighted by Crippen LogP contribution is 2.31. The van der Waals surface area contributed by atoms with Crippen molar-refractivity contribution in [3.8, 4) is 0 Å². The second-order valence-electron chi connectivity index (χ2n) is 6.62. The summed E-state index contributed by atoms with van der Waals surface area (Å²) >= 11 is 0. The first-order valence-corrected chi connectivity index (χ1v) is 8.40. The SMILES string of the molecule is CN=C(NCC1CCCO1)NCC1(N(C)C)CCCCC1. The van der Waals surface area contributed by atoms with Crippen LogP contribution in [0.25, 0.3) is 0 Å². The third kappa shape index (κ3) is 4.58. The summed E-state index contributed by atoms with van der Waals surface area (Å²) in [5, 5.41) is 6.93. The van der Waals surface area contributed by atoms with Gasteiger partial charge in [-0.2, -0.15) is 0 Å². The Kier molecular flexibility index (Phi) is 6.30. The number of likely N-dealkylation sites (N-methyl/N-ethyl adjacent to an activating group) is 1. The van der Waals surface area contributed by atoms with E-state index < -0.39 is 0 Å². The first-order chi connectivity index (χ1) is 10.2. The molecule has 0 bridgehead atoms. The molecule has 0 radical (unpaired) electrons. The maximum atomic E-state index is 5.65. The van der Waals surface area contributed by atoms with Crippen molar-refractivity contribution in [2.24, 2.45) is 4.99 Å². The number of hydrogen-bond acceptors (Lipinski definition) is 3. The van der Waals surface area contributed by atoms with Crippen LogP contribution in [0.1, 0.15) is 44.9 Å². The van der Waals surface area contributed by atoms with Crippen LogP contribution in [0.3, 0.4) is 0 Å². The number of nitrogens with zero attached hydrogens (tertiary/aromatic N) is 2. The minimum atomic E-state index is 0.278. The Morgan fingerprint density at radius 1 is 1.19 bits per heavy atom. The Bertz CT molecular complexity index is 331. The predicted octanol–water partition coefficient (Wildman–Crippen LogP) is 1.59. The second kappa shape index (κ2) is 7.99. The van der Waals surface area contributed by atoms with Crippen molar-refractivity contribution in [1.29, 1.82) is 0 Å². The molecule has 0 aromatic heterocycles. The van der Waals surface area contributed by atoms with Gasteiger partial charge in [0.1, 0.15) is 0 Å². The van der Waals surface area contributed by atoms with Crippen LogP contribution >= 0.6 is 0 Å². The summed E-state index contributed by atoms with van der Waals surface area (Å²) in [5.41, 5.74) is 0.278. The molecule has 5 heteroatoms. The van der Waals surface area contributed by atoms with Crippen LogP contribution in [-0.4, -0.2) is 63.3 Å². The van der Waals surface area contributed by atoms with Crippen LogP contribution in [0.5, 0.6) is 0 Å². The molecular formula is C16H32N4O. The lowest BCUT2D eigenvalue weighted by molar-refractivity contribution is 0.103. The summed E-state index contributed by atoms with van der Waals surface area (Å²) in [6, 6.07) is 0. The van der Waals surface area contributed by atoms with Crippen LogP contribution in [0.15, 0.2) is 4.99 Å². The molecule has 1 aliphatic carbocycles. The fourth-order valence-corrected chi connectivity index (χ4v) is 3.48. The van der Waals surface area contributed by atoms with Gasteiger partial charge in [-0.15, -0.1) is 0 Å². The lowest BCUT2D eigenvalue weighted by Crippen LogP contribution is -2.55. The molecule has 122 valence electrons. The van der Waals surface area contributed by atoms with E-state index in [9.17, 15) is 0 Å². The summed E-state index contributed by atoms with van der Waals surface area (Å²) in [6.07, 6.45) is 9.28. The van der Waals surface area contributed by atoms with Gasteiger partial charge in [0.2, 0.25) is 0 Å². The van der Waals surface area contributed by atoms with Gasteiger partial charge in [0, 0.05) is 32.3 Å². The van der Waals surface area contributed by atoms with Gasteiger partial charge in [-0.05, 0) is 39.8 Å². The number of ether oxygens (including phenoxy) is 1. The fraction of sp³-hybridized carbons (Fsp3) is 0.938. The van der Waals surface area contributed by atoms with Crippen molar-refractivity contribution < 1.29 is 4.74 Å². The first kappa shape index (κ1) is 16.6. The van der Waals surface area contributed by atoms with Crippen LogP contribution in [0.4, 0.5) is 0 Å². The molecule has 21 heavy (non-hydrogen) atoms. The van der Waals surface area contributed by atoms with Crippen molar-refractivity contribution in [2.75, 3.05) is 40.8 Å². The van der Waals surface area contributed by atoms with E-state index in [1.807, 2.05) is 7.05 Å². The Morgan fingerprint density at radius 2 is 1.95 bits per heavy atom. The summed E-state index contributed by atoms with van der Waals surface area (Å²) in [7, 11) is 6.25. The molecule has 0 amide bonds. The monoisotopic (exact) mass is 296 g/mol. The average Bonchev–Trinajstić information content (AvgIpc) is 3.01. The molecule has 2 aliphatic rings. The summed E-state index contributed by atoms with van der Waals surface area (Å²) in [6.45, 7) is 2.72. The molecule has 0 spiro atoms. The number of rotatable bonds is 5. The number of aliphatic imine (C=N–C) groups is 1. The van der Waals surface area contributed by atoms with E-state index in [-0.39, 0.29) is 5.54 Å². The number of hydrogen-bond donors (Lipinski definition) is 2. The highest BCUT2D eigenvalue weighted by Gasteiger charge is 2.34. The maximum absolute atomic E-state index is 5.65. The van der Waals surface area contributed by atoms with Crippen LogP contribution in [0, 0.1) is 0 Å². The van der Waals surface area contributed by atoms with E-state index in [4.69, 9.17) is 4.74 Å². The Morgan fingerprint density at radius 3 is 2.52 bits per heavy atom. The Hall–Kier alpha value is -0.810. The van der Waals surface area contributed by atoms with E-state index in [0.717, 1.165) is 32.1 Å². The lowest BCUT2D eigenvalue weighted by atomic mass is 9.80. The van der Waals surface area contributed by atoms with Gasteiger partial charge in [0.05, 0.1) is 6.10 Å². The topological polar surface area (TPSA) is 48.9 Å². The van der Waals surface area contributed by atoms with Crippen molar-refractivity contribution in [3.63, 3.8) is 0 Å². The van der Waals surface area contributed by atoms with E-state index >= 15 is 0 Å². The fourth-order valence-electron chi connectivity index (χ4n) is 3.48. The molecule has 1 atom stereocenters. The van der Waals surface area contributed by atoms with Crippen molar-refractivity contribution in [3.05, 3.63) is 0 Å². The normalized spacial score (nSPS) is 26.1. The standard InChI is InChI=1S/C16H32N4O/c1-17-15(18-12-14-8-7-11-21-14)19-13-16(20(2)3)9-5-4-6-10-16/h14H,4-13H2,1-3H3,(H2,17,18,19). The van der Waals surface area contributed by atoms with Gasteiger partial charge in [0.15, 0.2) is 5.96 Å². The average molecular weight is 296 g/mol. The lowest BCUT2D eigenvalue weighted by Gasteiger charge is -2.43. The molecule has 1 aliphatic heterocycles. The van der Waals surface area contributed by atoms with E-state index in [1.165, 1.54) is 38.5 Å². The highest BCUT2D eigenvalue weighted by atomic mass is 16.5. The summed E-state index contributed by atoms with van der Waals surface area (Å²) < 4.78 is 5.65. The summed E-state index contributed by atoms with van der Waals surface area (Å²) in [4.78, 5) is 6.74. The first-order valence-electron chi connectivity index (χ1n) is 8.40. The Balaban J connectivity index is 1.80. The van der Waals surface area contributed by atoms with Gasteiger partial charge in [0.25, 0.3) is 0 Å². The van der Waals surface area contributed by atoms with E-state index in [0.29, 0.717) is 6.10 Å². The minimum absolute atomic E-state index is 0.278. The van der Waals surface area contributed by atoms with Crippen LogP contribution in [-0.2, 0) is 4.74 Å². The molecule has 2 N–H and O–H groups in total. The van der Waals surface area contributed by atoms with Crippen molar-refractivity contribution in [2.45, 2.75) is 56.6 Å². The smallest absolute Gasteiger partial charge is 0.191 e.